The van der Waals surface area contributed by atoms with Crippen LogP contribution in [0.1, 0.15) is 10.4 Å². The number of nitrogens with one attached hydrogen (secondary N) is 1. The molecular weight excluding hydrogens is 377 g/mol. The molecule has 0 spiro atoms. The van der Waals surface area contributed by atoms with E-state index in [1.807, 2.05) is 0 Å². The fourth-order valence-electron chi connectivity index (χ4n) is 2.16. The van der Waals surface area contributed by atoms with Crippen molar-refractivity contribution in [3.8, 4) is 5.75 Å². The summed E-state index contributed by atoms with van der Waals surface area (Å²) in [4.78, 5) is 12.8. The van der Waals surface area contributed by atoms with Gasteiger partial charge in [0.2, 0.25) is 15.8 Å². The molecule has 0 aliphatic carbocycles. The summed E-state index contributed by atoms with van der Waals surface area (Å²) in [6.45, 7) is -0.0843. The van der Waals surface area contributed by atoms with Gasteiger partial charge in [-0.15, -0.1) is 0 Å². The molecule has 0 unspecified atom stereocenters. The molecule has 2 aromatic rings. The van der Waals surface area contributed by atoms with Gasteiger partial charge in [0, 0.05) is 15.9 Å². The summed E-state index contributed by atoms with van der Waals surface area (Å²) in [6, 6.07) is 6.90. The van der Waals surface area contributed by atoms with Crippen molar-refractivity contribution >= 4 is 44.9 Å². The fraction of sp³-hybridized carbons (Fsp3) is 0.133. The highest BCUT2D eigenvalue weighted by atomic mass is 35.5. The standard InChI is InChI=1S/C15H11ClFNO4S2/c1-24(20,21)18-11-6-13-9(12(19)7-22-13)5-15(11)23-14-3-2-8(17)4-10(14)16/h2-6,18H,7H2,1H3. The molecule has 1 aliphatic heterocycles. The molecule has 1 aliphatic rings. The van der Waals surface area contributed by atoms with Crippen LogP contribution in [0.4, 0.5) is 10.1 Å². The topological polar surface area (TPSA) is 72.5 Å². The molecule has 0 saturated heterocycles. The van der Waals surface area contributed by atoms with Crippen molar-refractivity contribution in [2.24, 2.45) is 0 Å². The van der Waals surface area contributed by atoms with Gasteiger partial charge in [-0.1, -0.05) is 23.4 Å². The number of hydrogen-bond acceptors (Lipinski definition) is 5. The molecule has 126 valence electrons. The summed E-state index contributed by atoms with van der Waals surface area (Å²) in [5.41, 5.74) is 0.631. The third-order valence-electron chi connectivity index (χ3n) is 3.15. The fourth-order valence-corrected chi connectivity index (χ4v) is 4.00. The van der Waals surface area contributed by atoms with Crippen LogP contribution in [0.3, 0.4) is 0 Å². The van der Waals surface area contributed by atoms with Crippen molar-refractivity contribution in [1.29, 1.82) is 0 Å². The van der Waals surface area contributed by atoms with E-state index in [0.717, 1.165) is 24.1 Å². The smallest absolute Gasteiger partial charge is 0.229 e. The number of benzene rings is 2. The molecule has 1 heterocycles. The normalized spacial score (nSPS) is 13.5. The first-order valence-corrected chi connectivity index (χ1v) is 9.76. The van der Waals surface area contributed by atoms with Crippen LogP contribution in [-0.2, 0) is 10.0 Å². The zero-order valence-electron chi connectivity index (χ0n) is 12.3. The molecule has 1 N–H and O–H groups in total. The zero-order valence-corrected chi connectivity index (χ0v) is 14.7. The molecule has 0 atom stereocenters. The number of anilines is 1. The van der Waals surface area contributed by atoms with Gasteiger partial charge in [-0.05, 0) is 24.3 Å². The number of carbonyl (C=O) groups excluding carboxylic acids is 1. The van der Waals surface area contributed by atoms with Gasteiger partial charge in [0.05, 0.1) is 22.5 Å². The molecule has 3 rings (SSSR count). The van der Waals surface area contributed by atoms with Gasteiger partial charge in [-0.2, -0.15) is 0 Å². The predicted molar refractivity (Wildman–Crippen MR) is 90.3 cm³/mol. The maximum absolute atomic E-state index is 13.2. The van der Waals surface area contributed by atoms with Crippen molar-refractivity contribution in [2.75, 3.05) is 17.6 Å². The SMILES string of the molecule is CS(=O)(=O)Nc1cc2c(cc1Sc1ccc(F)cc1Cl)C(=O)CO2. The van der Waals surface area contributed by atoms with Gasteiger partial charge < -0.3 is 4.74 Å². The van der Waals surface area contributed by atoms with Gasteiger partial charge in [-0.3, -0.25) is 9.52 Å². The lowest BCUT2D eigenvalue weighted by Crippen LogP contribution is -2.10. The van der Waals surface area contributed by atoms with Crippen LogP contribution in [0.2, 0.25) is 5.02 Å². The molecular formula is C15H11ClFNO4S2. The second-order valence-corrected chi connectivity index (χ2v) is 8.35. The van der Waals surface area contributed by atoms with E-state index < -0.39 is 15.8 Å². The first-order chi connectivity index (χ1) is 11.2. The Hall–Kier alpha value is -1.77. The zero-order chi connectivity index (χ0) is 17.5. The Morgan fingerprint density at radius 3 is 2.67 bits per heavy atom. The largest absolute Gasteiger partial charge is 0.485 e. The Morgan fingerprint density at radius 2 is 2.00 bits per heavy atom. The van der Waals surface area contributed by atoms with Crippen molar-refractivity contribution in [1.82, 2.24) is 0 Å². The van der Waals surface area contributed by atoms with E-state index in [2.05, 4.69) is 4.72 Å². The number of Topliss-reactive ketones (excluding diaryl/α,β-unsaturated/α-hetero) is 1. The molecule has 0 aromatic heterocycles. The molecule has 0 amide bonds. The Morgan fingerprint density at radius 1 is 1.25 bits per heavy atom. The number of ether oxygens (including phenoxy) is 1. The van der Waals surface area contributed by atoms with Crippen LogP contribution >= 0.6 is 23.4 Å². The van der Waals surface area contributed by atoms with E-state index in [4.69, 9.17) is 16.3 Å². The second-order valence-electron chi connectivity index (χ2n) is 5.11. The highest BCUT2D eigenvalue weighted by Gasteiger charge is 2.25. The van der Waals surface area contributed by atoms with E-state index in [1.165, 1.54) is 18.2 Å². The number of hydrogen-bond donors (Lipinski definition) is 1. The van der Waals surface area contributed by atoms with E-state index in [1.54, 1.807) is 6.07 Å². The van der Waals surface area contributed by atoms with Gasteiger partial charge in [0.15, 0.2) is 6.61 Å². The molecule has 0 saturated carbocycles. The number of halogens is 2. The van der Waals surface area contributed by atoms with Crippen molar-refractivity contribution in [3.63, 3.8) is 0 Å². The van der Waals surface area contributed by atoms with Crippen LogP contribution < -0.4 is 9.46 Å². The third-order valence-corrected chi connectivity index (χ3v) is 5.30. The molecule has 0 bridgehead atoms. The second kappa shape index (κ2) is 6.27. The van der Waals surface area contributed by atoms with Crippen LogP contribution in [-0.4, -0.2) is 27.1 Å². The van der Waals surface area contributed by atoms with E-state index >= 15 is 0 Å². The lowest BCUT2D eigenvalue weighted by Gasteiger charge is -2.13. The highest BCUT2D eigenvalue weighted by Crippen LogP contribution is 2.42. The number of sulfonamides is 1. The summed E-state index contributed by atoms with van der Waals surface area (Å²) >= 11 is 7.14. The van der Waals surface area contributed by atoms with E-state index in [9.17, 15) is 17.6 Å². The number of ketones is 1. The molecule has 9 heteroatoms. The molecule has 24 heavy (non-hydrogen) atoms. The highest BCUT2D eigenvalue weighted by molar-refractivity contribution is 7.99. The summed E-state index contributed by atoms with van der Waals surface area (Å²) in [5, 5.41) is 0.188. The lowest BCUT2D eigenvalue weighted by atomic mass is 10.1. The Bertz CT molecular complexity index is 947. The maximum atomic E-state index is 13.2. The summed E-state index contributed by atoms with van der Waals surface area (Å²) in [7, 11) is -3.54. The minimum absolute atomic E-state index is 0.0843. The molecule has 2 aromatic carbocycles. The average Bonchev–Trinajstić information content (AvgIpc) is 2.81. The van der Waals surface area contributed by atoms with Crippen molar-refractivity contribution in [3.05, 3.63) is 46.7 Å². The summed E-state index contributed by atoms with van der Waals surface area (Å²) in [5.74, 6) is -0.347. The summed E-state index contributed by atoms with van der Waals surface area (Å²) < 4.78 is 44.0. The monoisotopic (exact) mass is 387 g/mol. The minimum Gasteiger partial charge on any atom is -0.485 e. The van der Waals surface area contributed by atoms with Gasteiger partial charge in [-0.25, -0.2) is 12.8 Å². The Labute approximate surface area is 147 Å². The van der Waals surface area contributed by atoms with Crippen LogP contribution in [0.15, 0.2) is 40.1 Å². The van der Waals surface area contributed by atoms with E-state index in [0.29, 0.717) is 21.1 Å². The average molecular weight is 388 g/mol. The van der Waals surface area contributed by atoms with Gasteiger partial charge in [0.1, 0.15) is 11.6 Å². The first-order valence-electron chi connectivity index (χ1n) is 6.68. The molecule has 5 nitrogen and oxygen atoms in total. The van der Waals surface area contributed by atoms with Crippen molar-refractivity contribution < 1.29 is 22.3 Å². The quantitative estimate of drug-likeness (QED) is 0.868. The third kappa shape index (κ3) is 3.66. The molecule has 0 radical (unpaired) electrons. The summed E-state index contributed by atoms with van der Waals surface area (Å²) in [6.07, 6.45) is 1.02. The Balaban J connectivity index is 2.07. The maximum Gasteiger partial charge on any atom is 0.229 e. The first kappa shape index (κ1) is 17.1. The van der Waals surface area contributed by atoms with Gasteiger partial charge >= 0.3 is 0 Å². The van der Waals surface area contributed by atoms with E-state index in [-0.39, 0.29) is 23.1 Å². The van der Waals surface area contributed by atoms with Crippen molar-refractivity contribution in [2.45, 2.75) is 9.79 Å². The van der Waals surface area contributed by atoms with Crippen LogP contribution in [0, 0.1) is 5.82 Å². The Kier molecular flexibility index (Phi) is 4.46. The van der Waals surface area contributed by atoms with Crippen LogP contribution in [0.25, 0.3) is 0 Å². The predicted octanol–water partition coefficient (Wildman–Crippen LogP) is 3.58. The lowest BCUT2D eigenvalue weighted by molar-refractivity contribution is 0.0961. The van der Waals surface area contributed by atoms with Crippen LogP contribution in [0.5, 0.6) is 5.75 Å². The number of rotatable bonds is 4. The van der Waals surface area contributed by atoms with Gasteiger partial charge in [0.25, 0.3) is 0 Å². The minimum atomic E-state index is -3.54. The number of fused-ring (bicyclic) bond motifs is 1. The number of carbonyl (C=O) groups is 1. The molecule has 0 fully saturated rings.